The fourth-order valence-corrected chi connectivity index (χ4v) is 3.82. The number of Topliss-reactive ketones (excluding diaryl/α,β-unsaturated/α-hetero) is 1. The average molecular weight is 353 g/mol. The van der Waals surface area contributed by atoms with Crippen molar-refractivity contribution >= 4 is 11.5 Å². The molecule has 1 heterocycles. The lowest BCUT2D eigenvalue weighted by molar-refractivity contribution is 0.0992. The second-order valence-corrected chi connectivity index (χ2v) is 7.64. The van der Waals surface area contributed by atoms with Gasteiger partial charge in [0, 0.05) is 25.1 Å². The number of ketones is 1. The lowest BCUT2D eigenvalue weighted by Gasteiger charge is -2.19. The molecule has 0 radical (unpaired) electrons. The molecule has 0 spiro atoms. The molecule has 1 atom stereocenters. The van der Waals surface area contributed by atoms with Crippen molar-refractivity contribution in [2.75, 3.05) is 18.0 Å². The SMILES string of the molecule is CCCc1cc(C)ccc1C(=O)Cc1ccc(N2CCC(C)C2)c(F)c1. The molecule has 2 aromatic carbocycles. The van der Waals surface area contributed by atoms with Crippen LogP contribution < -0.4 is 4.90 Å². The fraction of sp³-hybridized carbons (Fsp3) is 0.435. The lowest BCUT2D eigenvalue weighted by Crippen LogP contribution is -2.20. The van der Waals surface area contributed by atoms with Crippen LogP contribution in [-0.4, -0.2) is 18.9 Å². The van der Waals surface area contributed by atoms with Gasteiger partial charge in [-0.05, 0) is 48.9 Å². The molecule has 0 saturated carbocycles. The number of anilines is 1. The zero-order valence-corrected chi connectivity index (χ0v) is 16.0. The zero-order chi connectivity index (χ0) is 18.7. The Morgan fingerprint density at radius 2 is 2.04 bits per heavy atom. The minimum absolute atomic E-state index is 0.0652. The number of carbonyl (C=O) groups is 1. The van der Waals surface area contributed by atoms with Crippen molar-refractivity contribution in [2.24, 2.45) is 5.92 Å². The van der Waals surface area contributed by atoms with Gasteiger partial charge < -0.3 is 4.90 Å². The number of halogens is 1. The molecular weight excluding hydrogens is 325 g/mol. The van der Waals surface area contributed by atoms with Crippen LogP contribution in [0.15, 0.2) is 36.4 Å². The van der Waals surface area contributed by atoms with E-state index in [2.05, 4.69) is 24.8 Å². The molecule has 2 aromatic rings. The van der Waals surface area contributed by atoms with Gasteiger partial charge >= 0.3 is 0 Å². The Morgan fingerprint density at radius 1 is 1.23 bits per heavy atom. The standard InChI is InChI=1S/C23H28FNO/c1-4-5-19-12-16(2)6-8-20(19)23(26)14-18-7-9-22(21(24)13-18)25-11-10-17(3)15-25/h6-9,12-13,17H,4-5,10-11,14-15H2,1-3H3. The molecule has 26 heavy (non-hydrogen) atoms. The van der Waals surface area contributed by atoms with E-state index in [0.29, 0.717) is 11.6 Å². The number of carbonyl (C=O) groups excluding carboxylic acids is 1. The molecule has 2 nitrogen and oxygen atoms in total. The minimum Gasteiger partial charge on any atom is -0.369 e. The smallest absolute Gasteiger partial charge is 0.167 e. The van der Waals surface area contributed by atoms with E-state index in [4.69, 9.17) is 0 Å². The third-order valence-electron chi connectivity index (χ3n) is 5.22. The largest absolute Gasteiger partial charge is 0.369 e. The van der Waals surface area contributed by atoms with Crippen molar-refractivity contribution in [1.29, 1.82) is 0 Å². The van der Waals surface area contributed by atoms with Crippen LogP contribution in [0, 0.1) is 18.7 Å². The summed E-state index contributed by atoms with van der Waals surface area (Å²) in [6.07, 6.45) is 3.24. The zero-order valence-electron chi connectivity index (χ0n) is 16.0. The highest BCUT2D eigenvalue weighted by atomic mass is 19.1. The van der Waals surface area contributed by atoms with Crippen molar-refractivity contribution in [1.82, 2.24) is 0 Å². The Morgan fingerprint density at radius 3 is 2.69 bits per heavy atom. The van der Waals surface area contributed by atoms with Crippen molar-refractivity contribution in [3.63, 3.8) is 0 Å². The second kappa shape index (κ2) is 8.03. The Balaban J connectivity index is 1.77. The molecule has 1 saturated heterocycles. The van der Waals surface area contributed by atoms with Gasteiger partial charge in [-0.15, -0.1) is 0 Å². The normalized spacial score (nSPS) is 16.9. The molecule has 0 N–H and O–H groups in total. The maximum atomic E-state index is 14.6. The Labute approximate surface area is 156 Å². The maximum Gasteiger partial charge on any atom is 0.167 e. The predicted molar refractivity (Wildman–Crippen MR) is 106 cm³/mol. The molecule has 0 amide bonds. The van der Waals surface area contributed by atoms with E-state index in [1.165, 1.54) is 11.6 Å². The van der Waals surface area contributed by atoms with E-state index < -0.39 is 0 Å². The molecule has 3 rings (SSSR count). The van der Waals surface area contributed by atoms with Crippen molar-refractivity contribution in [3.8, 4) is 0 Å². The van der Waals surface area contributed by atoms with Gasteiger partial charge in [-0.25, -0.2) is 4.39 Å². The van der Waals surface area contributed by atoms with E-state index in [1.807, 2.05) is 31.2 Å². The third kappa shape index (κ3) is 4.14. The summed E-state index contributed by atoms with van der Waals surface area (Å²) >= 11 is 0. The van der Waals surface area contributed by atoms with Gasteiger partial charge in [0.1, 0.15) is 5.82 Å². The summed E-state index contributed by atoms with van der Waals surface area (Å²) in [6.45, 7) is 8.16. The quantitative estimate of drug-likeness (QED) is 0.652. The lowest BCUT2D eigenvalue weighted by atomic mass is 9.94. The van der Waals surface area contributed by atoms with Gasteiger partial charge in [0.15, 0.2) is 5.78 Å². The van der Waals surface area contributed by atoms with Gasteiger partial charge in [-0.2, -0.15) is 0 Å². The highest BCUT2D eigenvalue weighted by molar-refractivity contribution is 5.99. The van der Waals surface area contributed by atoms with Gasteiger partial charge in [0.2, 0.25) is 0 Å². The van der Waals surface area contributed by atoms with Crippen molar-refractivity contribution in [2.45, 2.75) is 46.5 Å². The number of aryl methyl sites for hydroxylation is 2. The number of nitrogens with zero attached hydrogens (tertiary/aromatic N) is 1. The second-order valence-electron chi connectivity index (χ2n) is 7.64. The summed E-state index contributed by atoms with van der Waals surface area (Å²) in [5.41, 5.74) is 4.44. The van der Waals surface area contributed by atoms with E-state index >= 15 is 0 Å². The van der Waals surface area contributed by atoms with Gasteiger partial charge in [0.05, 0.1) is 5.69 Å². The molecule has 0 bridgehead atoms. The summed E-state index contributed by atoms with van der Waals surface area (Å²) in [7, 11) is 0. The summed E-state index contributed by atoms with van der Waals surface area (Å²) in [6, 6.07) is 11.2. The van der Waals surface area contributed by atoms with Crippen LogP contribution in [0.2, 0.25) is 0 Å². The first-order valence-electron chi connectivity index (χ1n) is 9.64. The van der Waals surface area contributed by atoms with Crippen molar-refractivity contribution < 1.29 is 9.18 Å². The molecule has 1 aliphatic rings. The topological polar surface area (TPSA) is 20.3 Å². The number of benzene rings is 2. The van der Waals surface area contributed by atoms with E-state index in [9.17, 15) is 9.18 Å². The van der Waals surface area contributed by atoms with E-state index in [0.717, 1.165) is 49.0 Å². The van der Waals surface area contributed by atoms with Crippen LogP contribution in [-0.2, 0) is 12.8 Å². The van der Waals surface area contributed by atoms with Crippen molar-refractivity contribution in [3.05, 3.63) is 64.5 Å². The number of hydrogen-bond acceptors (Lipinski definition) is 2. The summed E-state index contributed by atoms with van der Waals surface area (Å²) in [5.74, 6) is 0.451. The summed E-state index contributed by atoms with van der Waals surface area (Å²) in [5, 5.41) is 0. The van der Waals surface area contributed by atoms with E-state index in [-0.39, 0.29) is 18.0 Å². The molecule has 138 valence electrons. The summed E-state index contributed by atoms with van der Waals surface area (Å²) in [4.78, 5) is 14.9. The monoisotopic (exact) mass is 353 g/mol. The first kappa shape index (κ1) is 18.6. The maximum absolute atomic E-state index is 14.6. The minimum atomic E-state index is -0.220. The third-order valence-corrected chi connectivity index (χ3v) is 5.22. The Hall–Kier alpha value is -2.16. The van der Waals surface area contributed by atoms with Crippen LogP contribution in [0.5, 0.6) is 0 Å². The van der Waals surface area contributed by atoms with Gasteiger partial charge in [-0.1, -0.05) is 50.1 Å². The molecule has 1 unspecified atom stereocenters. The number of rotatable bonds is 6. The average Bonchev–Trinajstić information content (AvgIpc) is 3.01. The van der Waals surface area contributed by atoms with Gasteiger partial charge in [0.25, 0.3) is 0 Å². The molecule has 1 fully saturated rings. The summed E-state index contributed by atoms with van der Waals surface area (Å²) < 4.78 is 14.6. The highest BCUT2D eigenvalue weighted by Gasteiger charge is 2.21. The molecular formula is C23H28FNO. The molecule has 1 aliphatic heterocycles. The van der Waals surface area contributed by atoms with Crippen LogP contribution in [0.3, 0.4) is 0 Å². The highest BCUT2D eigenvalue weighted by Crippen LogP contribution is 2.27. The Kier molecular flexibility index (Phi) is 5.75. The number of hydrogen-bond donors (Lipinski definition) is 0. The first-order valence-corrected chi connectivity index (χ1v) is 9.64. The Bertz CT molecular complexity index is 799. The molecule has 3 heteroatoms. The fourth-order valence-electron chi connectivity index (χ4n) is 3.82. The first-order chi connectivity index (χ1) is 12.5. The van der Waals surface area contributed by atoms with E-state index in [1.54, 1.807) is 0 Å². The van der Waals surface area contributed by atoms with Crippen LogP contribution in [0.1, 0.15) is 53.7 Å². The van der Waals surface area contributed by atoms with Crippen LogP contribution in [0.4, 0.5) is 10.1 Å². The van der Waals surface area contributed by atoms with Crippen LogP contribution in [0.25, 0.3) is 0 Å². The molecule has 0 aliphatic carbocycles. The predicted octanol–water partition coefficient (Wildman–Crippen LogP) is 5.36. The molecule has 0 aromatic heterocycles. The van der Waals surface area contributed by atoms with Crippen LogP contribution >= 0.6 is 0 Å². The van der Waals surface area contributed by atoms with Gasteiger partial charge in [-0.3, -0.25) is 4.79 Å².